The van der Waals surface area contributed by atoms with E-state index < -0.39 is 15.8 Å². The maximum atomic E-state index is 12.8. The lowest BCUT2D eigenvalue weighted by molar-refractivity contribution is 0.415. The average Bonchev–Trinajstić information content (AvgIpc) is 2.41. The number of anilines is 1. The van der Waals surface area contributed by atoms with Gasteiger partial charge in [-0.25, -0.2) is 12.8 Å². The van der Waals surface area contributed by atoms with Gasteiger partial charge < -0.3 is 4.74 Å². The van der Waals surface area contributed by atoms with Crippen LogP contribution in [0.3, 0.4) is 0 Å². The van der Waals surface area contributed by atoms with Crippen molar-refractivity contribution in [1.82, 2.24) is 0 Å². The van der Waals surface area contributed by atoms with Crippen molar-refractivity contribution in [2.75, 3.05) is 11.8 Å². The van der Waals surface area contributed by atoms with Crippen LogP contribution in [0, 0.1) is 5.82 Å². The Morgan fingerprint density at radius 3 is 2.40 bits per heavy atom. The molecular weight excluding hydrogens is 305 g/mol. The first-order valence-corrected chi connectivity index (χ1v) is 7.40. The van der Waals surface area contributed by atoms with E-state index in [0.29, 0.717) is 16.5 Å². The van der Waals surface area contributed by atoms with Gasteiger partial charge in [0.1, 0.15) is 11.6 Å². The van der Waals surface area contributed by atoms with E-state index in [-0.39, 0.29) is 4.90 Å². The summed E-state index contributed by atoms with van der Waals surface area (Å²) >= 11 is 5.86. The number of rotatable bonds is 4. The lowest BCUT2D eigenvalue weighted by atomic mass is 10.3. The van der Waals surface area contributed by atoms with Crippen LogP contribution >= 0.6 is 11.6 Å². The van der Waals surface area contributed by atoms with Crippen LogP contribution in [0.25, 0.3) is 0 Å². The minimum absolute atomic E-state index is 0.0344. The van der Waals surface area contributed by atoms with Crippen molar-refractivity contribution in [2.45, 2.75) is 4.90 Å². The van der Waals surface area contributed by atoms with E-state index in [1.807, 2.05) is 0 Å². The van der Waals surface area contributed by atoms with Gasteiger partial charge in [0.05, 0.1) is 22.7 Å². The monoisotopic (exact) mass is 315 g/mol. The summed E-state index contributed by atoms with van der Waals surface area (Å²) in [6.07, 6.45) is 0. The number of halogens is 2. The lowest BCUT2D eigenvalue weighted by Gasteiger charge is -2.10. The quantitative estimate of drug-likeness (QED) is 0.942. The number of benzene rings is 2. The van der Waals surface area contributed by atoms with E-state index in [4.69, 9.17) is 16.3 Å². The molecule has 0 amide bonds. The molecule has 0 saturated heterocycles. The molecule has 0 saturated carbocycles. The van der Waals surface area contributed by atoms with Gasteiger partial charge >= 0.3 is 0 Å². The highest BCUT2D eigenvalue weighted by atomic mass is 35.5. The third-order valence-electron chi connectivity index (χ3n) is 2.53. The minimum atomic E-state index is -3.78. The van der Waals surface area contributed by atoms with E-state index in [0.717, 1.165) is 12.1 Å². The maximum absolute atomic E-state index is 12.8. The first-order chi connectivity index (χ1) is 9.42. The number of hydrogen-bond acceptors (Lipinski definition) is 3. The van der Waals surface area contributed by atoms with Crippen molar-refractivity contribution in [2.24, 2.45) is 0 Å². The number of nitrogens with one attached hydrogen (secondary N) is 1. The first-order valence-electron chi connectivity index (χ1n) is 5.54. The Labute approximate surface area is 121 Å². The highest BCUT2D eigenvalue weighted by Gasteiger charge is 2.15. The number of sulfonamides is 1. The molecule has 0 aliphatic rings. The molecule has 1 N–H and O–H groups in total. The highest BCUT2D eigenvalue weighted by Crippen LogP contribution is 2.28. The third-order valence-corrected chi connectivity index (χ3v) is 4.24. The molecule has 2 aromatic rings. The molecule has 106 valence electrons. The molecule has 0 heterocycles. The zero-order valence-electron chi connectivity index (χ0n) is 10.4. The Bertz CT molecular complexity index is 717. The molecule has 0 radical (unpaired) electrons. The number of methoxy groups -OCH3 is 1. The van der Waals surface area contributed by atoms with Gasteiger partial charge in [-0.2, -0.15) is 0 Å². The van der Waals surface area contributed by atoms with Crippen LogP contribution < -0.4 is 9.46 Å². The predicted octanol–water partition coefficient (Wildman–Crippen LogP) is 3.29. The largest absolute Gasteiger partial charge is 0.495 e. The summed E-state index contributed by atoms with van der Waals surface area (Å²) in [5.74, 6) is -0.150. The fourth-order valence-corrected chi connectivity index (χ4v) is 2.80. The van der Waals surface area contributed by atoms with Crippen molar-refractivity contribution in [3.63, 3.8) is 0 Å². The number of ether oxygens (including phenoxy) is 1. The molecule has 0 spiro atoms. The van der Waals surface area contributed by atoms with Crippen LogP contribution in [-0.2, 0) is 10.0 Å². The van der Waals surface area contributed by atoms with Crippen LogP contribution in [0.5, 0.6) is 5.75 Å². The standard InChI is InChI=1S/C13H11ClFNO3S/c1-19-13-8-10(4-7-12(13)14)16-20(17,18)11-5-2-9(15)3-6-11/h2-8,16H,1H3. The van der Waals surface area contributed by atoms with Gasteiger partial charge in [0.2, 0.25) is 0 Å². The van der Waals surface area contributed by atoms with Crippen molar-refractivity contribution in [1.29, 1.82) is 0 Å². The second kappa shape index (κ2) is 5.68. The number of hydrogen-bond donors (Lipinski definition) is 1. The fraction of sp³-hybridized carbons (Fsp3) is 0.0769. The molecule has 0 aliphatic heterocycles. The summed E-state index contributed by atoms with van der Waals surface area (Å²) in [6, 6.07) is 9.02. The third kappa shape index (κ3) is 3.20. The summed E-state index contributed by atoms with van der Waals surface area (Å²) < 4.78 is 44.4. The zero-order valence-corrected chi connectivity index (χ0v) is 12.0. The van der Waals surface area contributed by atoms with E-state index in [2.05, 4.69) is 4.72 Å². The molecule has 4 nitrogen and oxygen atoms in total. The van der Waals surface area contributed by atoms with Gasteiger partial charge in [-0.05, 0) is 36.4 Å². The van der Waals surface area contributed by atoms with Crippen LogP contribution in [0.1, 0.15) is 0 Å². The average molecular weight is 316 g/mol. The van der Waals surface area contributed by atoms with E-state index in [1.165, 1.54) is 37.4 Å². The SMILES string of the molecule is COc1cc(NS(=O)(=O)c2ccc(F)cc2)ccc1Cl. The smallest absolute Gasteiger partial charge is 0.261 e. The van der Waals surface area contributed by atoms with Gasteiger partial charge in [-0.3, -0.25) is 4.72 Å². The summed E-state index contributed by atoms with van der Waals surface area (Å²) in [5, 5.41) is 0.372. The van der Waals surface area contributed by atoms with Crippen LogP contribution in [-0.4, -0.2) is 15.5 Å². The van der Waals surface area contributed by atoms with Gasteiger partial charge in [-0.1, -0.05) is 11.6 Å². The Hall–Kier alpha value is -1.79. The van der Waals surface area contributed by atoms with E-state index >= 15 is 0 Å². The minimum Gasteiger partial charge on any atom is -0.495 e. The maximum Gasteiger partial charge on any atom is 0.261 e. The lowest BCUT2D eigenvalue weighted by Crippen LogP contribution is -2.12. The van der Waals surface area contributed by atoms with Gasteiger partial charge in [0, 0.05) is 6.07 Å². The van der Waals surface area contributed by atoms with Crippen molar-refractivity contribution >= 4 is 27.3 Å². The topological polar surface area (TPSA) is 55.4 Å². The molecule has 0 aromatic heterocycles. The fourth-order valence-electron chi connectivity index (χ4n) is 1.55. The summed E-state index contributed by atoms with van der Waals surface area (Å²) in [7, 11) is -2.35. The van der Waals surface area contributed by atoms with Crippen molar-refractivity contribution < 1.29 is 17.5 Å². The molecule has 2 rings (SSSR count). The normalized spacial score (nSPS) is 11.2. The van der Waals surface area contributed by atoms with Crippen molar-refractivity contribution in [3.8, 4) is 5.75 Å². The Kier molecular flexibility index (Phi) is 4.15. The molecule has 2 aromatic carbocycles. The first kappa shape index (κ1) is 14.6. The van der Waals surface area contributed by atoms with Crippen LogP contribution in [0.2, 0.25) is 5.02 Å². The molecule has 0 aliphatic carbocycles. The summed E-state index contributed by atoms with van der Waals surface area (Å²) in [6.45, 7) is 0. The summed E-state index contributed by atoms with van der Waals surface area (Å²) in [4.78, 5) is -0.0344. The second-order valence-corrected chi connectivity index (χ2v) is 6.00. The Morgan fingerprint density at radius 2 is 1.80 bits per heavy atom. The van der Waals surface area contributed by atoms with Crippen molar-refractivity contribution in [3.05, 3.63) is 53.3 Å². The highest BCUT2D eigenvalue weighted by molar-refractivity contribution is 7.92. The molecule has 7 heteroatoms. The van der Waals surface area contributed by atoms with Crippen LogP contribution in [0.15, 0.2) is 47.4 Å². The second-order valence-electron chi connectivity index (χ2n) is 3.91. The van der Waals surface area contributed by atoms with E-state index in [1.54, 1.807) is 0 Å². The Morgan fingerprint density at radius 1 is 1.15 bits per heavy atom. The molecule has 0 fully saturated rings. The summed E-state index contributed by atoms with van der Waals surface area (Å²) in [5.41, 5.74) is 0.301. The molecular formula is C13H11ClFNO3S. The molecule has 0 bridgehead atoms. The molecule has 0 unspecified atom stereocenters. The van der Waals surface area contributed by atoms with Gasteiger partial charge in [0.15, 0.2) is 0 Å². The molecule has 0 atom stereocenters. The molecule has 20 heavy (non-hydrogen) atoms. The predicted molar refractivity (Wildman–Crippen MR) is 75.2 cm³/mol. The van der Waals surface area contributed by atoms with Gasteiger partial charge in [-0.15, -0.1) is 0 Å². The zero-order chi connectivity index (χ0) is 14.8. The Balaban J connectivity index is 2.30. The van der Waals surface area contributed by atoms with E-state index in [9.17, 15) is 12.8 Å². The van der Waals surface area contributed by atoms with Crippen LogP contribution in [0.4, 0.5) is 10.1 Å². The van der Waals surface area contributed by atoms with Gasteiger partial charge in [0.25, 0.3) is 10.0 Å².